The van der Waals surface area contributed by atoms with Crippen molar-refractivity contribution < 1.29 is 4.79 Å². The minimum absolute atomic E-state index is 0.179. The topological polar surface area (TPSA) is 38.1 Å². The Morgan fingerprint density at radius 3 is 3.00 bits per heavy atom. The predicted octanol–water partition coefficient (Wildman–Crippen LogP) is 2.43. The molecule has 0 N–H and O–H groups in total. The fourth-order valence-electron chi connectivity index (χ4n) is 2.13. The van der Waals surface area contributed by atoms with E-state index < -0.39 is 0 Å². The van der Waals surface area contributed by atoms with Crippen molar-refractivity contribution in [1.82, 2.24) is 14.5 Å². The Morgan fingerprint density at radius 2 is 2.44 bits per heavy atom. The Bertz CT molecular complexity index is 453. The van der Waals surface area contributed by atoms with Gasteiger partial charge in [0.15, 0.2) is 5.16 Å². The number of nitrogens with zero attached hydrogens (tertiary/aromatic N) is 3. The van der Waals surface area contributed by atoms with Crippen LogP contribution in [0.4, 0.5) is 0 Å². The van der Waals surface area contributed by atoms with E-state index in [9.17, 15) is 4.79 Å². The van der Waals surface area contributed by atoms with Gasteiger partial charge in [0.05, 0.1) is 5.75 Å². The van der Waals surface area contributed by atoms with Crippen molar-refractivity contribution >= 4 is 17.7 Å². The van der Waals surface area contributed by atoms with Crippen molar-refractivity contribution in [2.75, 3.05) is 12.3 Å². The van der Waals surface area contributed by atoms with Crippen LogP contribution in [0.1, 0.15) is 26.2 Å². The zero-order chi connectivity index (χ0) is 13.0. The van der Waals surface area contributed by atoms with E-state index in [0.29, 0.717) is 5.75 Å². The van der Waals surface area contributed by atoms with Crippen LogP contribution in [0, 0.1) is 0 Å². The van der Waals surface area contributed by atoms with Crippen LogP contribution in [0.25, 0.3) is 0 Å². The minimum atomic E-state index is 0.179. The third kappa shape index (κ3) is 2.96. The zero-order valence-electron chi connectivity index (χ0n) is 10.9. The van der Waals surface area contributed by atoms with Crippen molar-refractivity contribution in [3.8, 4) is 0 Å². The third-order valence-corrected chi connectivity index (χ3v) is 4.13. The number of rotatable bonds is 5. The molecule has 1 heterocycles. The summed E-state index contributed by atoms with van der Waals surface area (Å²) in [5.74, 6) is 0.634. The van der Waals surface area contributed by atoms with E-state index >= 15 is 0 Å². The maximum absolute atomic E-state index is 12.2. The maximum atomic E-state index is 12.2. The second kappa shape index (κ2) is 6.09. The molecule has 1 aromatic rings. The van der Waals surface area contributed by atoms with Gasteiger partial charge in [0.1, 0.15) is 0 Å². The molecule has 1 aliphatic rings. The molecule has 98 valence electrons. The first-order chi connectivity index (χ1) is 8.72. The highest BCUT2D eigenvalue weighted by Gasteiger charge is 2.19. The molecule has 1 amide bonds. The van der Waals surface area contributed by atoms with Crippen LogP contribution in [0.3, 0.4) is 0 Å². The minimum Gasteiger partial charge on any atom is -0.329 e. The normalized spacial score (nSPS) is 14.7. The maximum Gasteiger partial charge on any atom is 0.237 e. The summed E-state index contributed by atoms with van der Waals surface area (Å²) in [6, 6.07) is 0. The van der Waals surface area contributed by atoms with Crippen molar-refractivity contribution in [3.63, 3.8) is 0 Å². The zero-order valence-corrected chi connectivity index (χ0v) is 11.7. The molecule has 0 spiro atoms. The average molecular weight is 265 g/mol. The van der Waals surface area contributed by atoms with Gasteiger partial charge in [0.2, 0.25) is 5.91 Å². The van der Waals surface area contributed by atoms with E-state index in [1.165, 1.54) is 23.9 Å². The Morgan fingerprint density at radius 1 is 1.61 bits per heavy atom. The number of imidazole rings is 1. The van der Waals surface area contributed by atoms with Gasteiger partial charge in [-0.05, 0) is 26.2 Å². The fraction of sp³-hybridized carbons (Fsp3) is 0.538. The largest absolute Gasteiger partial charge is 0.329 e. The summed E-state index contributed by atoms with van der Waals surface area (Å²) in [6.45, 7) is 2.79. The highest BCUT2D eigenvalue weighted by Crippen LogP contribution is 2.23. The molecule has 1 aromatic heterocycles. The van der Waals surface area contributed by atoms with Crippen LogP contribution in [-0.4, -0.2) is 32.7 Å². The van der Waals surface area contributed by atoms with E-state index in [0.717, 1.165) is 24.5 Å². The SMILES string of the molecule is CCN(C(=O)CSc1nccn1C)C1=CCCC1. The van der Waals surface area contributed by atoms with Crippen molar-refractivity contribution in [1.29, 1.82) is 0 Å². The van der Waals surface area contributed by atoms with Crippen LogP contribution in [0.5, 0.6) is 0 Å². The summed E-state index contributed by atoms with van der Waals surface area (Å²) in [7, 11) is 1.94. The van der Waals surface area contributed by atoms with Gasteiger partial charge >= 0.3 is 0 Å². The molecule has 0 saturated heterocycles. The molecule has 0 atom stereocenters. The van der Waals surface area contributed by atoms with Crippen LogP contribution in [0.15, 0.2) is 29.3 Å². The van der Waals surface area contributed by atoms with Gasteiger partial charge in [-0.25, -0.2) is 4.98 Å². The first-order valence-corrected chi connectivity index (χ1v) is 7.30. The van der Waals surface area contributed by atoms with Crippen LogP contribution in [0.2, 0.25) is 0 Å². The summed E-state index contributed by atoms with van der Waals surface area (Å²) in [4.78, 5) is 18.3. The molecule has 0 aromatic carbocycles. The number of amides is 1. The standard InChI is InChI=1S/C13H19N3OS/c1-3-16(11-6-4-5-7-11)12(17)10-18-13-14-8-9-15(13)2/h6,8-9H,3-5,7,10H2,1-2H3. The van der Waals surface area contributed by atoms with Crippen LogP contribution < -0.4 is 0 Å². The monoisotopic (exact) mass is 265 g/mol. The van der Waals surface area contributed by atoms with Gasteiger partial charge in [-0.2, -0.15) is 0 Å². The molecule has 0 unspecified atom stereocenters. The van der Waals surface area contributed by atoms with Crippen molar-refractivity contribution in [2.24, 2.45) is 7.05 Å². The van der Waals surface area contributed by atoms with E-state index in [1.807, 2.05) is 29.6 Å². The number of thioether (sulfide) groups is 1. The summed E-state index contributed by atoms with van der Waals surface area (Å²) < 4.78 is 1.93. The van der Waals surface area contributed by atoms with E-state index in [2.05, 4.69) is 11.1 Å². The van der Waals surface area contributed by atoms with Gasteiger partial charge in [0, 0.05) is 31.7 Å². The Balaban J connectivity index is 1.92. The van der Waals surface area contributed by atoms with Crippen LogP contribution >= 0.6 is 11.8 Å². The fourth-order valence-corrected chi connectivity index (χ4v) is 2.94. The highest BCUT2D eigenvalue weighted by atomic mass is 32.2. The molecule has 1 aliphatic carbocycles. The smallest absolute Gasteiger partial charge is 0.237 e. The molecule has 0 radical (unpaired) electrons. The van der Waals surface area contributed by atoms with Crippen molar-refractivity contribution in [3.05, 3.63) is 24.2 Å². The molecule has 0 fully saturated rings. The molecule has 0 saturated carbocycles. The second-order valence-electron chi connectivity index (χ2n) is 4.34. The number of allylic oxidation sites excluding steroid dienone is 2. The Kier molecular flexibility index (Phi) is 4.47. The van der Waals surface area contributed by atoms with Gasteiger partial charge < -0.3 is 9.47 Å². The number of aromatic nitrogens is 2. The first kappa shape index (κ1) is 13.2. The molecule has 4 nitrogen and oxygen atoms in total. The highest BCUT2D eigenvalue weighted by molar-refractivity contribution is 7.99. The van der Waals surface area contributed by atoms with E-state index in [1.54, 1.807) is 6.20 Å². The second-order valence-corrected chi connectivity index (χ2v) is 5.28. The number of hydrogen-bond donors (Lipinski definition) is 0. The number of carbonyl (C=O) groups excluding carboxylic acids is 1. The number of hydrogen-bond acceptors (Lipinski definition) is 3. The molecule has 18 heavy (non-hydrogen) atoms. The quantitative estimate of drug-likeness (QED) is 0.767. The molecule has 0 aliphatic heterocycles. The molecular weight excluding hydrogens is 246 g/mol. The third-order valence-electron chi connectivity index (χ3n) is 3.08. The van der Waals surface area contributed by atoms with Gasteiger partial charge in [-0.1, -0.05) is 17.8 Å². The van der Waals surface area contributed by atoms with Crippen molar-refractivity contribution in [2.45, 2.75) is 31.3 Å². The Hall–Kier alpha value is -1.23. The van der Waals surface area contributed by atoms with Gasteiger partial charge in [-0.3, -0.25) is 4.79 Å². The summed E-state index contributed by atoms with van der Waals surface area (Å²) in [6.07, 6.45) is 9.14. The Labute approximate surface area is 112 Å². The lowest BCUT2D eigenvalue weighted by atomic mass is 10.3. The predicted molar refractivity (Wildman–Crippen MR) is 73.3 cm³/mol. The van der Waals surface area contributed by atoms with Gasteiger partial charge in [0.25, 0.3) is 0 Å². The number of carbonyl (C=O) groups is 1. The average Bonchev–Trinajstić information content (AvgIpc) is 2.99. The molecule has 0 bridgehead atoms. The lowest BCUT2D eigenvalue weighted by molar-refractivity contribution is -0.126. The molecular formula is C13H19N3OS. The van der Waals surface area contributed by atoms with Crippen LogP contribution in [-0.2, 0) is 11.8 Å². The number of aryl methyl sites for hydroxylation is 1. The van der Waals surface area contributed by atoms with E-state index in [4.69, 9.17) is 0 Å². The molecule has 2 rings (SSSR count). The first-order valence-electron chi connectivity index (χ1n) is 6.32. The lowest BCUT2D eigenvalue weighted by Gasteiger charge is -2.22. The summed E-state index contributed by atoms with van der Waals surface area (Å²) in [5, 5.41) is 0.889. The summed E-state index contributed by atoms with van der Waals surface area (Å²) in [5.41, 5.74) is 1.20. The van der Waals surface area contributed by atoms with E-state index in [-0.39, 0.29) is 5.91 Å². The summed E-state index contributed by atoms with van der Waals surface area (Å²) >= 11 is 1.50. The molecule has 5 heteroatoms. The van der Waals surface area contributed by atoms with Gasteiger partial charge in [-0.15, -0.1) is 0 Å². The lowest BCUT2D eigenvalue weighted by Crippen LogP contribution is -2.31.